The van der Waals surface area contributed by atoms with Crippen LogP contribution in [0.1, 0.15) is 32.0 Å². The molecule has 0 saturated carbocycles. The van der Waals surface area contributed by atoms with Crippen molar-refractivity contribution >= 4 is 23.7 Å². The number of pyridine rings is 1. The van der Waals surface area contributed by atoms with Crippen LogP contribution in [-0.2, 0) is 11.8 Å². The van der Waals surface area contributed by atoms with Gasteiger partial charge in [0.15, 0.2) is 5.78 Å². The second kappa shape index (κ2) is 8.13. The lowest BCUT2D eigenvalue weighted by molar-refractivity contribution is -0.135. The number of ketones is 1. The molecular weight excluding hydrogens is 352 g/mol. The summed E-state index contributed by atoms with van der Waals surface area (Å²) in [7, 11) is 1.50. The maximum atomic E-state index is 12.3. The highest BCUT2D eigenvalue weighted by Gasteiger charge is 2.16. The monoisotopic (exact) mass is 370 g/mol. The van der Waals surface area contributed by atoms with E-state index in [9.17, 15) is 24.3 Å². The highest BCUT2D eigenvalue weighted by Crippen LogP contribution is 2.16. The molecule has 140 valence electrons. The van der Waals surface area contributed by atoms with Crippen molar-refractivity contribution in [1.82, 2.24) is 9.88 Å². The zero-order chi connectivity index (χ0) is 20.1. The number of aryl methyl sites for hydroxylation is 1. The third-order valence-corrected chi connectivity index (χ3v) is 3.87. The molecule has 0 radical (unpaired) electrons. The van der Waals surface area contributed by atoms with Crippen molar-refractivity contribution in [1.29, 1.82) is 0 Å². The zero-order valence-electron chi connectivity index (χ0n) is 14.7. The number of benzene rings is 1. The predicted octanol–water partition coefficient (Wildman–Crippen LogP) is 1.11. The molecule has 1 aromatic heterocycles. The Morgan fingerprint density at radius 1 is 1.22 bits per heavy atom. The van der Waals surface area contributed by atoms with Gasteiger partial charge >= 0.3 is 5.97 Å². The molecule has 0 aliphatic heterocycles. The topological polar surface area (TPSA) is 126 Å². The Balaban J connectivity index is 2.24. The number of carbonyl (C=O) groups excluding carboxylic acids is 2. The summed E-state index contributed by atoms with van der Waals surface area (Å²) >= 11 is 0. The summed E-state index contributed by atoms with van der Waals surface area (Å²) < 4.78 is 1.26. The zero-order valence-corrected chi connectivity index (χ0v) is 14.7. The van der Waals surface area contributed by atoms with E-state index < -0.39 is 35.5 Å². The second-order valence-corrected chi connectivity index (χ2v) is 5.81. The molecule has 8 nitrogen and oxygen atoms in total. The number of aromatic hydroxyl groups is 1. The number of carbonyl (C=O) groups is 3. The van der Waals surface area contributed by atoms with Crippen molar-refractivity contribution in [3.8, 4) is 5.75 Å². The molecule has 0 saturated heterocycles. The Morgan fingerprint density at radius 3 is 2.59 bits per heavy atom. The Hall–Kier alpha value is -3.68. The number of rotatable bonds is 6. The summed E-state index contributed by atoms with van der Waals surface area (Å²) in [5.41, 5.74) is 0.284. The van der Waals surface area contributed by atoms with Crippen LogP contribution in [0.4, 0.5) is 0 Å². The Bertz CT molecular complexity index is 1000. The molecule has 27 heavy (non-hydrogen) atoms. The third-order valence-electron chi connectivity index (χ3n) is 3.87. The second-order valence-electron chi connectivity index (χ2n) is 5.81. The average Bonchev–Trinajstić information content (AvgIpc) is 2.62. The average molecular weight is 370 g/mol. The van der Waals surface area contributed by atoms with Crippen LogP contribution in [0.3, 0.4) is 0 Å². The van der Waals surface area contributed by atoms with E-state index in [-0.39, 0.29) is 11.1 Å². The predicted molar refractivity (Wildman–Crippen MR) is 97.9 cm³/mol. The van der Waals surface area contributed by atoms with E-state index in [1.165, 1.54) is 35.9 Å². The lowest BCUT2D eigenvalue weighted by atomic mass is 10.1. The number of amides is 1. The number of aliphatic carboxylic acids is 1. The van der Waals surface area contributed by atoms with Gasteiger partial charge in [0.2, 0.25) is 0 Å². The summed E-state index contributed by atoms with van der Waals surface area (Å²) in [6, 6.07) is 7.49. The summed E-state index contributed by atoms with van der Waals surface area (Å²) in [5, 5.41) is 20.7. The highest BCUT2D eigenvalue weighted by atomic mass is 16.4. The van der Waals surface area contributed by atoms with E-state index in [1.807, 2.05) is 0 Å². The van der Waals surface area contributed by atoms with Crippen LogP contribution in [0.15, 0.2) is 41.2 Å². The molecule has 2 rings (SSSR count). The van der Waals surface area contributed by atoms with Gasteiger partial charge < -0.3 is 20.1 Å². The van der Waals surface area contributed by atoms with E-state index in [0.717, 1.165) is 6.08 Å². The van der Waals surface area contributed by atoms with E-state index in [1.54, 1.807) is 19.1 Å². The highest BCUT2D eigenvalue weighted by molar-refractivity contribution is 6.08. The van der Waals surface area contributed by atoms with Crippen LogP contribution in [0.2, 0.25) is 0 Å². The quantitative estimate of drug-likeness (QED) is 0.517. The maximum absolute atomic E-state index is 12.3. The number of nitrogens with one attached hydrogen (secondary N) is 1. The first-order valence-corrected chi connectivity index (χ1v) is 7.92. The lowest BCUT2D eigenvalue weighted by Gasteiger charge is -2.07. The number of carboxylic acids is 1. The maximum Gasteiger partial charge on any atom is 0.322 e. The first-order chi connectivity index (χ1) is 12.7. The molecule has 1 amide bonds. The van der Waals surface area contributed by atoms with Gasteiger partial charge in [-0.2, -0.15) is 0 Å². The Kier molecular flexibility index (Phi) is 5.92. The molecule has 0 fully saturated rings. The van der Waals surface area contributed by atoms with Gasteiger partial charge in [-0.15, -0.1) is 0 Å². The van der Waals surface area contributed by atoms with Gasteiger partial charge in [0.25, 0.3) is 11.5 Å². The van der Waals surface area contributed by atoms with Crippen LogP contribution in [0.5, 0.6) is 5.75 Å². The third kappa shape index (κ3) is 4.69. The molecule has 0 spiro atoms. The van der Waals surface area contributed by atoms with Crippen LogP contribution >= 0.6 is 0 Å². The molecule has 1 aromatic carbocycles. The largest absolute Gasteiger partial charge is 0.507 e. The minimum atomic E-state index is -1.16. The number of hydrogen-bond acceptors (Lipinski definition) is 5. The van der Waals surface area contributed by atoms with Gasteiger partial charge in [-0.25, -0.2) is 0 Å². The van der Waals surface area contributed by atoms with Gasteiger partial charge in [-0.05, 0) is 30.7 Å². The van der Waals surface area contributed by atoms with E-state index in [0.29, 0.717) is 11.3 Å². The molecule has 0 aliphatic carbocycles. The van der Waals surface area contributed by atoms with Crippen molar-refractivity contribution in [2.24, 2.45) is 7.05 Å². The normalized spacial score (nSPS) is 10.7. The van der Waals surface area contributed by atoms with E-state index in [4.69, 9.17) is 5.11 Å². The number of allylic oxidation sites excluding steroid dienone is 1. The molecule has 0 aliphatic rings. The standard InChI is InChI=1S/C19H18N2O6/c1-11-8-15(23)17(19(27)21(11)2)14(22)7-6-12-4-3-5-13(9-12)18(26)20-10-16(24)25/h3-9,23H,10H2,1-2H3,(H,20,26)(H,24,25). The SMILES string of the molecule is Cc1cc(O)c(C(=O)C=Cc2cccc(C(=O)NCC(=O)O)c2)c(=O)n1C. The van der Waals surface area contributed by atoms with E-state index in [2.05, 4.69) is 5.32 Å². The van der Waals surface area contributed by atoms with Gasteiger partial charge in [0, 0.05) is 24.4 Å². The molecule has 2 aromatic rings. The molecule has 0 atom stereocenters. The molecule has 3 N–H and O–H groups in total. The van der Waals surface area contributed by atoms with Crippen molar-refractivity contribution < 1.29 is 24.6 Å². The molecular formula is C19H18N2O6. The van der Waals surface area contributed by atoms with Gasteiger partial charge in [-0.3, -0.25) is 19.2 Å². The van der Waals surface area contributed by atoms with Crippen LogP contribution in [0.25, 0.3) is 6.08 Å². The Morgan fingerprint density at radius 2 is 1.93 bits per heavy atom. The first-order valence-electron chi connectivity index (χ1n) is 7.92. The fourth-order valence-corrected chi connectivity index (χ4v) is 2.33. The van der Waals surface area contributed by atoms with Crippen molar-refractivity contribution in [3.05, 3.63) is 69.1 Å². The lowest BCUT2D eigenvalue weighted by Crippen LogP contribution is -2.29. The van der Waals surface area contributed by atoms with Gasteiger partial charge in [-0.1, -0.05) is 18.2 Å². The summed E-state index contributed by atoms with van der Waals surface area (Å²) in [4.78, 5) is 46.9. The molecule has 8 heteroatoms. The van der Waals surface area contributed by atoms with Crippen LogP contribution < -0.4 is 10.9 Å². The van der Waals surface area contributed by atoms with E-state index >= 15 is 0 Å². The summed E-state index contributed by atoms with van der Waals surface area (Å²) in [5.74, 6) is -2.80. The van der Waals surface area contributed by atoms with Gasteiger partial charge in [0.05, 0.1) is 0 Å². The number of hydrogen-bond donors (Lipinski definition) is 3. The fraction of sp³-hybridized carbons (Fsp3) is 0.158. The number of nitrogens with zero attached hydrogens (tertiary/aromatic N) is 1. The molecule has 1 heterocycles. The van der Waals surface area contributed by atoms with Crippen molar-refractivity contribution in [2.75, 3.05) is 6.54 Å². The van der Waals surface area contributed by atoms with Gasteiger partial charge in [0.1, 0.15) is 17.9 Å². The Labute approximate surface area is 154 Å². The molecule has 0 unspecified atom stereocenters. The van der Waals surface area contributed by atoms with Crippen LogP contribution in [-0.4, -0.2) is 39.0 Å². The minimum absolute atomic E-state index is 0.222. The summed E-state index contributed by atoms with van der Waals surface area (Å²) in [6.45, 7) is 1.12. The smallest absolute Gasteiger partial charge is 0.322 e. The minimum Gasteiger partial charge on any atom is -0.507 e. The fourth-order valence-electron chi connectivity index (χ4n) is 2.33. The van der Waals surface area contributed by atoms with Crippen LogP contribution in [0, 0.1) is 6.92 Å². The summed E-state index contributed by atoms with van der Waals surface area (Å²) in [6.07, 6.45) is 2.52. The molecule has 0 bridgehead atoms. The first kappa shape index (κ1) is 19.6. The van der Waals surface area contributed by atoms with Crippen molar-refractivity contribution in [2.45, 2.75) is 6.92 Å². The van der Waals surface area contributed by atoms with Crippen molar-refractivity contribution in [3.63, 3.8) is 0 Å². The number of aromatic nitrogens is 1. The number of carboxylic acid groups (broad SMARTS) is 1.